The molecular weight excluding hydrogens is 214 g/mol. The van der Waals surface area contributed by atoms with Crippen LogP contribution in [-0.2, 0) is 10.2 Å². The first-order chi connectivity index (χ1) is 8.00. The second-order valence-corrected chi connectivity index (χ2v) is 4.89. The van der Waals surface area contributed by atoms with Gasteiger partial charge < -0.3 is 9.47 Å². The van der Waals surface area contributed by atoms with Crippen LogP contribution in [0.25, 0.3) is 0 Å². The van der Waals surface area contributed by atoms with Gasteiger partial charge in [-0.05, 0) is 11.5 Å². The summed E-state index contributed by atoms with van der Waals surface area (Å²) in [6.07, 6.45) is 0. The molecule has 3 heteroatoms. The molecule has 0 radical (unpaired) electrons. The number of nitrogens with zero attached hydrogens (tertiary/aromatic N) is 1. The number of nitriles is 1. The van der Waals surface area contributed by atoms with E-state index in [1.165, 1.54) is 0 Å². The second kappa shape index (κ2) is 5.70. The molecule has 1 aromatic rings. The Morgan fingerprint density at radius 2 is 1.94 bits per heavy atom. The summed E-state index contributed by atoms with van der Waals surface area (Å²) in [5.41, 5.74) is 1.58. The number of hydrogen-bond donors (Lipinski definition) is 0. The quantitative estimate of drug-likeness (QED) is 0.751. The van der Waals surface area contributed by atoms with Crippen LogP contribution in [0.5, 0.6) is 5.75 Å². The van der Waals surface area contributed by atoms with Crippen LogP contribution in [0.4, 0.5) is 0 Å². The molecule has 0 aliphatic heterocycles. The summed E-state index contributed by atoms with van der Waals surface area (Å²) in [7, 11) is 1.63. The van der Waals surface area contributed by atoms with Crippen molar-refractivity contribution in [1.29, 1.82) is 5.26 Å². The maximum atomic E-state index is 9.10. The van der Waals surface area contributed by atoms with Crippen LogP contribution >= 0.6 is 0 Å². The van der Waals surface area contributed by atoms with Gasteiger partial charge in [-0.25, -0.2) is 0 Å². The number of benzene rings is 1. The molecule has 3 nitrogen and oxygen atoms in total. The summed E-state index contributed by atoms with van der Waals surface area (Å²) < 4.78 is 10.6. The van der Waals surface area contributed by atoms with E-state index < -0.39 is 0 Å². The number of para-hydroxylation sites is 1. The van der Waals surface area contributed by atoms with E-state index in [-0.39, 0.29) is 5.41 Å². The van der Waals surface area contributed by atoms with Gasteiger partial charge in [0.05, 0.1) is 12.2 Å². The summed E-state index contributed by atoms with van der Waals surface area (Å²) in [5, 5.41) is 9.10. The largest absolute Gasteiger partial charge is 0.489 e. The number of ether oxygens (including phenoxy) is 2. The molecule has 0 N–H and O–H groups in total. The minimum Gasteiger partial charge on any atom is -0.489 e. The average molecular weight is 233 g/mol. The van der Waals surface area contributed by atoms with Crippen molar-refractivity contribution >= 4 is 0 Å². The standard InChI is InChI=1S/C14H19NO2/c1-14(2,3)12-7-5-6-11(10-15)13(12)17-9-8-16-4/h5-7H,8-9H2,1-4H3. The van der Waals surface area contributed by atoms with Gasteiger partial charge in [0.1, 0.15) is 18.4 Å². The van der Waals surface area contributed by atoms with E-state index in [2.05, 4.69) is 26.8 Å². The van der Waals surface area contributed by atoms with E-state index >= 15 is 0 Å². The molecule has 0 aromatic heterocycles. The minimum absolute atomic E-state index is 0.0464. The third-order valence-electron chi connectivity index (χ3n) is 2.48. The Bertz CT molecular complexity index is 413. The van der Waals surface area contributed by atoms with Crippen LogP contribution < -0.4 is 4.74 Å². The van der Waals surface area contributed by atoms with Crippen molar-refractivity contribution in [3.05, 3.63) is 29.3 Å². The fourth-order valence-electron chi connectivity index (χ4n) is 1.60. The lowest BCUT2D eigenvalue weighted by atomic mass is 9.85. The highest BCUT2D eigenvalue weighted by molar-refractivity contribution is 5.50. The summed E-state index contributed by atoms with van der Waals surface area (Å²) in [4.78, 5) is 0. The minimum atomic E-state index is -0.0464. The molecule has 0 atom stereocenters. The first kappa shape index (κ1) is 13.5. The first-order valence-electron chi connectivity index (χ1n) is 5.66. The fourth-order valence-corrected chi connectivity index (χ4v) is 1.60. The van der Waals surface area contributed by atoms with E-state index in [0.29, 0.717) is 24.5 Å². The van der Waals surface area contributed by atoms with Gasteiger partial charge in [0.2, 0.25) is 0 Å². The molecule has 0 aliphatic carbocycles. The van der Waals surface area contributed by atoms with Gasteiger partial charge in [0.25, 0.3) is 0 Å². The molecule has 0 heterocycles. The summed E-state index contributed by atoms with van der Waals surface area (Å²) >= 11 is 0. The SMILES string of the molecule is COCCOc1c(C#N)cccc1C(C)(C)C. The third kappa shape index (κ3) is 3.47. The van der Waals surface area contributed by atoms with E-state index in [1.54, 1.807) is 13.2 Å². The van der Waals surface area contributed by atoms with Crippen molar-refractivity contribution in [3.8, 4) is 11.8 Å². The van der Waals surface area contributed by atoms with Gasteiger partial charge in [-0.2, -0.15) is 5.26 Å². The monoisotopic (exact) mass is 233 g/mol. The Labute approximate surface area is 103 Å². The van der Waals surface area contributed by atoms with Crippen LogP contribution in [0.1, 0.15) is 31.9 Å². The van der Waals surface area contributed by atoms with E-state index in [0.717, 1.165) is 5.56 Å². The molecule has 0 aliphatic rings. The topological polar surface area (TPSA) is 42.2 Å². The van der Waals surface area contributed by atoms with Crippen molar-refractivity contribution in [2.24, 2.45) is 0 Å². The molecular formula is C14H19NO2. The number of rotatable bonds is 4. The first-order valence-corrected chi connectivity index (χ1v) is 5.66. The Morgan fingerprint density at radius 3 is 2.47 bits per heavy atom. The Morgan fingerprint density at radius 1 is 1.24 bits per heavy atom. The molecule has 17 heavy (non-hydrogen) atoms. The van der Waals surface area contributed by atoms with E-state index in [4.69, 9.17) is 14.7 Å². The summed E-state index contributed by atoms with van der Waals surface area (Å²) in [6, 6.07) is 7.84. The van der Waals surface area contributed by atoms with Crippen molar-refractivity contribution in [1.82, 2.24) is 0 Å². The van der Waals surface area contributed by atoms with Crippen LogP contribution in [0.15, 0.2) is 18.2 Å². The zero-order valence-electron chi connectivity index (χ0n) is 10.9. The summed E-state index contributed by atoms with van der Waals surface area (Å²) in [6.45, 7) is 7.29. The van der Waals surface area contributed by atoms with Crippen molar-refractivity contribution in [3.63, 3.8) is 0 Å². The molecule has 0 fully saturated rings. The van der Waals surface area contributed by atoms with Crippen molar-refractivity contribution < 1.29 is 9.47 Å². The van der Waals surface area contributed by atoms with Gasteiger partial charge in [-0.1, -0.05) is 32.9 Å². The van der Waals surface area contributed by atoms with Crippen LogP contribution in [0.3, 0.4) is 0 Å². The van der Waals surface area contributed by atoms with Crippen LogP contribution in [-0.4, -0.2) is 20.3 Å². The Kier molecular flexibility index (Phi) is 4.53. The normalized spacial score (nSPS) is 11.0. The molecule has 92 valence electrons. The highest BCUT2D eigenvalue weighted by Gasteiger charge is 2.21. The highest BCUT2D eigenvalue weighted by Crippen LogP contribution is 2.33. The van der Waals surface area contributed by atoms with E-state index in [1.807, 2.05) is 12.1 Å². The maximum Gasteiger partial charge on any atom is 0.140 e. The second-order valence-electron chi connectivity index (χ2n) is 4.89. The molecule has 0 unspecified atom stereocenters. The molecule has 0 spiro atoms. The van der Waals surface area contributed by atoms with Crippen LogP contribution in [0, 0.1) is 11.3 Å². The molecule has 0 saturated carbocycles. The van der Waals surface area contributed by atoms with Crippen molar-refractivity contribution in [2.75, 3.05) is 20.3 Å². The lowest BCUT2D eigenvalue weighted by Crippen LogP contribution is -2.15. The highest BCUT2D eigenvalue weighted by atomic mass is 16.5. The Balaban J connectivity index is 3.09. The number of methoxy groups -OCH3 is 1. The van der Waals surface area contributed by atoms with Gasteiger partial charge >= 0.3 is 0 Å². The van der Waals surface area contributed by atoms with Gasteiger partial charge in [-0.3, -0.25) is 0 Å². The molecule has 1 aromatic carbocycles. The number of hydrogen-bond acceptors (Lipinski definition) is 3. The smallest absolute Gasteiger partial charge is 0.140 e. The summed E-state index contributed by atoms with van der Waals surface area (Å²) in [5.74, 6) is 0.680. The third-order valence-corrected chi connectivity index (χ3v) is 2.48. The maximum absolute atomic E-state index is 9.10. The molecule has 1 rings (SSSR count). The van der Waals surface area contributed by atoms with Crippen molar-refractivity contribution in [2.45, 2.75) is 26.2 Å². The Hall–Kier alpha value is -1.53. The molecule has 0 bridgehead atoms. The van der Waals surface area contributed by atoms with Gasteiger partial charge in [0.15, 0.2) is 0 Å². The predicted molar refractivity (Wildman–Crippen MR) is 67.2 cm³/mol. The zero-order chi connectivity index (χ0) is 12.9. The van der Waals surface area contributed by atoms with Gasteiger partial charge in [0, 0.05) is 12.7 Å². The lowest BCUT2D eigenvalue weighted by molar-refractivity contribution is 0.145. The molecule has 0 saturated heterocycles. The van der Waals surface area contributed by atoms with E-state index in [9.17, 15) is 0 Å². The van der Waals surface area contributed by atoms with Gasteiger partial charge in [-0.15, -0.1) is 0 Å². The predicted octanol–water partition coefficient (Wildman–Crippen LogP) is 2.88. The fraction of sp³-hybridized carbons (Fsp3) is 0.500. The molecule has 0 amide bonds. The zero-order valence-corrected chi connectivity index (χ0v) is 10.9. The lowest BCUT2D eigenvalue weighted by Gasteiger charge is -2.23. The van der Waals surface area contributed by atoms with Crippen LogP contribution in [0.2, 0.25) is 0 Å². The average Bonchev–Trinajstić information content (AvgIpc) is 2.28.